The van der Waals surface area contributed by atoms with Crippen molar-refractivity contribution in [3.63, 3.8) is 0 Å². The van der Waals surface area contributed by atoms with E-state index in [0.717, 1.165) is 25.8 Å². The first-order valence-corrected chi connectivity index (χ1v) is 4.91. The average Bonchev–Trinajstić information content (AvgIpc) is 2.65. The molecule has 4 nitrogen and oxygen atoms in total. The summed E-state index contributed by atoms with van der Waals surface area (Å²) < 4.78 is 5.43. The number of carbonyl (C=O) groups excluding carboxylic acids is 1. The molecule has 1 amide bonds. The Labute approximate surface area is 77.0 Å². The maximum atomic E-state index is 11.9. The van der Waals surface area contributed by atoms with Crippen LogP contribution in [0.25, 0.3) is 0 Å². The quantitative estimate of drug-likeness (QED) is 0.593. The van der Waals surface area contributed by atoms with Crippen molar-refractivity contribution in [2.45, 2.75) is 36.9 Å². The van der Waals surface area contributed by atoms with Gasteiger partial charge in [-0.3, -0.25) is 4.79 Å². The number of nitrogens with two attached hydrogens (primary N) is 1. The van der Waals surface area contributed by atoms with Crippen LogP contribution in [-0.4, -0.2) is 41.6 Å². The van der Waals surface area contributed by atoms with Gasteiger partial charge in [-0.25, -0.2) is 0 Å². The highest BCUT2D eigenvalue weighted by Gasteiger charge is 2.52. The van der Waals surface area contributed by atoms with E-state index in [1.54, 1.807) is 0 Å². The monoisotopic (exact) mass is 182 g/mol. The summed E-state index contributed by atoms with van der Waals surface area (Å²) in [5.74, 6) is 0.156. The molecule has 1 saturated carbocycles. The van der Waals surface area contributed by atoms with E-state index in [0.29, 0.717) is 12.6 Å². The van der Waals surface area contributed by atoms with E-state index in [2.05, 4.69) is 0 Å². The summed E-state index contributed by atoms with van der Waals surface area (Å²) in [4.78, 5) is 13.8. The summed E-state index contributed by atoms with van der Waals surface area (Å²) >= 11 is 0. The number of rotatable bonds is 1. The highest BCUT2D eigenvalue weighted by Crippen LogP contribution is 2.38. The van der Waals surface area contributed by atoms with Crippen molar-refractivity contribution < 1.29 is 9.53 Å². The lowest BCUT2D eigenvalue weighted by Gasteiger charge is -2.29. The molecule has 2 atom stereocenters. The Bertz CT molecular complexity index is 262. The number of hydrogen-bond donors (Lipinski definition) is 1. The van der Waals surface area contributed by atoms with Crippen LogP contribution in [0.5, 0.6) is 0 Å². The Morgan fingerprint density at radius 1 is 1.54 bits per heavy atom. The smallest absolute Gasteiger partial charge is 0.243 e. The van der Waals surface area contributed by atoms with Gasteiger partial charge in [0.1, 0.15) is 0 Å². The SMILES string of the molecule is NC1(C(=O)N2CC3CC2CO3)CC1. The summed E-state index contributed by atoms with van der Waals surface area (Å²) in [6.07, 6.45) is 3.03. The molecule has 2 unspecified atom stereocenters. The zero-order valence-corrected chi connectivity index (χ0v) is 7.53. The van der Waals surface area contributed by atoms with Crippen molar-refractivity contribution in [1.29, 1.82) is 0 Å². The number of carbonyl (C=O) groups is 1. The fourth-order valence-corrected chi connectivity index (χ4v) is 2.28. The molecule has 2 aliphatic heterocycles. The number of hydrogen-bond acceptors (Lipinski definition) is 3. The Hall–Kier alpha value is -0.610. The third-order valence-corrected chi connectivity index (χ3v) is 3.38. The minimum absolute atomic E-state index is 0.156. The van der Waals surface area contributed by atoms with Crippen LogP contribution in [0.2, 0.25) is 0 Å². The van der Waals surface area contributed by atoms with Crippen molar-refractivity contribution in [3.8, 4) is 0 Å². The second-order valence-corrected chi connectivity index (χ2v) is 4.46. The van der Waals surface area contributed by atoms with Gasteiger partial charge in [-0.2, -0.15) is 0 Å². The average molecular weight is 182 g/mol. The molecule has 2 bridgehead atoms. The number of ether oxygens (including phenoxy) is 1. The highest BCUT2D eigenvalue weighted by molar-refractivity contribution is 5.89. The number of amides is 1. The van der Waals surface area contributed by atoms with Crippen LogP contribution >= 0.6 is 0 Å². The Morgan fingerprint density at radius 2 is 2.31 bits per heavy atom. The first-order valence-electron chi connectivity index (χ1n) is 4.91. The lowest BCUT2D eigenvalue weighted by Crippen LogP contribution is -2.50. The van der Waals surface area contributed by atoms with Crippen molar-refractivity contribution in [3.05, 3.63) is 0 Å². The molecule has 0 spiro atoms. The molecule has 13 heavy (non-hydrogen) atoms. The van der Waals surface area contributed by atoms with Gasteiger partial charge < -0.3 is 15.4 Å². The van der Waals surface area contributed by atoms with E-state index in [1.807, 2.05) is 4.90 Å². The van der Waals surface area contributed by atoms with Crippen LogP contribution in [-0.2, 0) is 9.53 Å². The fourth-order valence-electron chi connectivity index (χ4n) is 2.28. The Kier molecular flexibility index (Phi) is 1.34. The predicted molar refractivity (Wildman–Crippen MR) is 46.0 cm³/mol. The van der Waals surface area contributed by atoms with Crippen molar-refractivity contribution in [1.82, 2.24) is 4.90 Å². The molecule has 2 saturated heterocycles. The summed E-state index contributed by atoms with van der Waals surface area (Å²) in [6, 6.07) is 0.318. The predicted octanol–water partition coefficient (Wildman–Crippen LogP) is -0.523. The number of fused-ring (bicyclic) bond motifs is 2. The van der Waals surface area contributed by atoms with Gasteiger partial charge in [0, 0.05) is 6.54 Å². The molecule has 4 heteroatoms. The molecule has 0 aromatic rings. The van der Waals surface area contributed by atoms with Gasteiger partial charge in [-0.05, 0) is 19.3 Å². The van der Waals surface area contributed by atoms with Gasteiger partial charge in [-0.15, -0.1) is 0 Å². The lowest BCUT2D eigenvalue weighted by molar-refractivity contribution is -0.138. The number of morpholine rings is 1. The van der Waals surface area contributed by atoms with E-state index in [4.69, 9.17) is 10.5 Å². The zero-order valence-electron chi connectivity index (χ0n) is 7.53. The van der Waals surface area contributed by atoms with E-state index >= 15 is 0 Å². The zero-order chi connectivity index (χ0) is 9.05. The van der Waals surface area contributed by atoms with Crippen LogP contribution in [0.4, 0.5) is 0 Å². The van der Waals surface area contributed by atoms with Crippen LogP contribution in [0.15, 0.2) is 0 Å². The largest absolute Gasteiger partial charge is 0.374 e. The van der Waals surface area contributed by atoms with E-state index in [-0.39, 0.29) is 12.0 Å². The molecule has 3 fully saturated rings. The van der Waals surface area contributed by atoms with Crippen molar-refractivity contribution in [2.75, 3.05) is 13.2 Å². The van der Waals surface area contributed by atoms with Crippen LogP contribution in [0.1, 0.15) is 19.3 Å². The van der Waals surface area contributed by atoms with E-state index in [9.17, 15) is 4.79 Å². The van der Waals surface area contributed by atoms with Gasteiger partial charge in [0.15, 0.2) is 0 Å². The highest BCUT2D eigenvalue weighted by atomic mass is 16.5. The second-order valence-electron chi connectivity index (χ2n) is 4.46. The third kappa shape index (κ3) is 1.02. The second kappa shape index (κ2) is 2.25. The van der Waals surface area contributed by atoms with Gasteiger partial charge in [-0.1, -0.05) is 0 Å². The first-order chi connectivity index (χ1) is 6.19. The summed E-state index contributed by atoms with van der Waals surface area (Å²) in [6.45, 7) is 1.48. The molecule has 72 valence electrons. The molecule has 3 rings (SSSR count). The molecule has 0 radical (unpaired) electrons. The summed E-state index contributed by atoms with van der Waals surface area (Å²) in [7, 11) is 0. The fraction of sp³-hybridized carbons (Fsp3) is 0.889. The molecular formula is C9H14N2O2. The van der Waals surface area contributed by atoms with E-state index < -0.39 is 5.54 Å². The minimum Gasteiger partial charge on any atom is -0.374 e. The van der Waals surface area contributed by atoms with Gasteiger partial charge >= 0.3 is 0 Å². The number of likely N-dealkylation sites (tertiary alicyclic amines) is 1. The molecule has 0 aromatic carbocycles. The number of nitrogens with zero attached hydrogens (tertiary/aromatic N) is 1. The molecular weight excluding hydrogens is 168 g/mol. The third-order valence-electron chi connectivity index (χ3n) is 3.38. The molecule has 0 aromatic heterocycles. The van der Waals surface area contributed by atoms with Crippen LogP contribution in [0.3, 0.4) is 0 Å². The minimum atomic E-state index is -0.496. The van der Waals surface area contributed by atoms with Crippen LogP contribution in [0, 0.1) is 0 Å². The molecule has 2 N–H and O–H groups in total. The molecule has 2 heterocycles. The summed E-state index contributed by atoms with van der Waals surface area (Å²) in [5.41, 5.74) is 5.37. The maximum Gasteiger partial charge on any atom is 0.243 e. The van der Waals surface area contributed by atoms with Crippen molar-refractivity contribution >= 4 is 5.91 Å². The first kappa shape index (κ1) is 7.76. The standard InChI is InChI=1S/C9H14N2O2/c10-9(1-2-9)8(12)11-4-7-3-6(11)5-13-7/h6-7H,1-5,10H2. The van der Waals surface area contributed by atoms with Gasteiger partial charge in [0.05, 0.1) is 24.3 Å². The lowest BCUT2D eigenvalue weighted by atomic mass is 10.2. The summed E-state index contributed by atoms with van der Waals surface area (Å²) in [5, 5.41) is 0. The Balaban J connectivity index is 1.76. The van der Waals surface area contributed by atoms with Gasteiger partial charge in [0.2, 0.25) is 5.91 Å². The maximum absolute atomic E-state index is 11.9. The van der Waals surface area contributed by atoms with Crippen molar-refractivity contribution in [2.24, 2.45) is 5.73 Å². The van der Waals surface area contributed by atoms with Gasteiger partial charge in [0.25, 0.3) is 0 Å². The normalized spacial score (nSPS) is 39.6. The Morgan fingerprint density at radius 3 is 2.77 bits per heavy atom. The topological polar surface area (TPSA) is 55.6 Å². The van der Waals surface area contributed by atoms with Crippen LogP contribution < -0.4 is 5.73 Å². The molecule has 1 aliphatic carbocycles. The van der Waals surface area contributed by atoms with E-state index in [1.165, 1.54) is 0 Å². The molecule has 3 aliphatic rings.